The number of aromatic nitrogens is 1. The van der Waals surface area contributed by atoms with E-state index in [-0.39, 0.29) is 5.69 Å². The molecule has 158 valence electrons. The Morgan fingerprint density at radius 2 is 1.78 bits per heavy atom. The maximum absolute atomic E-state index is 12.9. The largest absolute Gasteiger partial charge is 0.272 e. The van der Waals surface area contributed by atoms with E-state index in [2.05, 4.69) is 31.4 Å². The number of amides is 1. The van der Waals surface area contributed by atoms with Gasteiger partial charge in [0.2, 0.25) is 0 Å². The molecule has 1 heterocycles. The number of carbonyl (C=O) groups excluding carboxylic acids is 1. The van der Waals surface area contributed by atoms with Crippen molar-refractivity contribution < 1.29 is 9.72 Å². The van der Waals surface area contributed by atoms with Crippen LogP contribution in [0, 0.1) is 10.1 Å². The lowest BCUT2D eigenvalue weighted by Crippen LogP contribution is -2.18. The quantitative estimate of drug-likeness (QED) is 0.203. The zero-order valence-electron chi connectivity index (χ0n) is 16.3. The molecule has 1 N–H and O–H groups in total. The van der Waals surface area contributed by atoms with Crippen LogP contribution >= 0.6 is 27.5 Å². The molecule has 0 unspecified atom stereocenters. The number of hydrazone groups is 1. The molecule has 0 aliphatic carbocycles. The van der Waals surface area contributed by atoms with Gasteiger partial charge in [-0.3, -0.25) is 14.9 Å². The summed E-state index contributed by atoms with van der Waals surface area (Å²) >= 11 is 9.56. The lowest BCUT2D eigenvalue weighted by molar-refractivity contribution is -0.384. The van der Waals surface area contributed by atoms with Crippen LogP contribution in [-0.2, 0) is 0 Å². The Labute approximate surface area is 196 Å². The van der Waals surface area contributed by atoms with Crippen molar-refractivity contribution in [1.82, 2.24) is 10.4 Å². The lowest BCUT2D eigenvalue weighted by atomic mass is 10.0. The first kappa shape index (κ1) is 21.6. The minimum atomic E-state index is -0.481. The van der Waals surface area contributed by atoms with E-state index in [1.807, 2.05) is 24.3 Å². The summed E-state index contributed by atoms with van der Waals surface area (Å²) in [5.74, 6) is -0.434. The smallest absolute Gasteiger partial charge is 0.267 e. The third-order valence-electron chi connectivity index (χ3n) is 4.64. The Morgan fingerprint density at radius 1 is 1.06 bits per heavy atom. The average Bonchev–Trinajstić information content (AvgIpc) is 2.79. The van der Waals surface area contributed by atoms with Crippen LogP contribution in [-0.4, -0.2) is 22.0 Å². The van der Waals surface area contributed by atoms with Crippen molar-refractivity contribution in [2.45, 2.75) is 0 Å². The molecule has 9 heteroatoms. The molecule has 0 atom stereocenters. The fraction of sp³-hybridized carbons (Fsp3) is 0. The fourth-order valence-electron chi connectivity index (χ4n) is 3.06. The molecule has 0 aliphatic heterocycles. The Balaban J connectivity index is 1.65. The molecule has 0 radical (unpaired) electrons. The van der Waals surface area contributed by atoms with E-state index in [0.717, 1.165) is 10.0 Å². The molecule has 0 saturated heterocycles. The maximum atomic E-state index is 12.9. The molecule has 0 fully saturated rings. The van der Waals surface area contributed by atoms with E-state index >= 15 is 0 Å². The number of nitro groups is 1. The number of non-ortho nitro benzene ring substituents is 1. The van der Waals surface area contributed by atoms with Gasteiger partial charge in [-0.05, 0) is 54.1 Å². The van der Waals surface area contributed by atoms with Crippen molar-refractivity contribution in [3.8, 4) is 11.3 Å². The van der Waals surface area contributed by atoms with E-state index in [1.165, 1.54) is 18.3 Å². The standard InChI is InChI=1S/C23H14BrClN4O3/c24-16-5-3-15(4-6-16)22-12-20(19-11-17(25)7-10-21(19)27-22)23(30)28-26-13-14-1-8-18(9-2-14)29(31)32/h1-13H,(H,28,30)/b26-13+. The van der Waals surface area contributed by atoms with Gasteiger partial charge in [0.1, 0.15) is 0 Å². The number of rotatable bonds is 5. The Bertz CT molecular complexity index is 1360. The molecule has 0 saturated carbocycles. The minimum Gasteiger partial charge on any atom is -0.267 e. The number of fused-ring (bicyclic) bond motifs is 1. The highest BCUT2D eigenvalue weighted by Crippen LogP contribution is 2.28. The van der Waals surface area contributed by atoms with Crippen molar-refractivity contribution in [1.29, 1.82) is 0 Å². The zero-order valence-corrected chi connectivity index (χ0v) is 18.7. The molecule has 0 aliphatic rings. The predicted molar refractivity (Wildman–Crippen MR) is 128 cm³/mol. The Morgan fingerprint density at radius 3 is 2.47 bits per heavy atom. The van der Waals surface area contributed by atoms with E-state index in [9.17, 15) is 14.9 Å². The number of carbonyl (C=O) groups is 1. The molecule has 7 nitrogen and oxygen atoms in total. The molecule has 0 bridgehead atoms. The van der Waals surface area contributed by atoms with Gasteiger partial charge in [0, 0.05) is 32.6 Å². The van der Waals surface area contributed by atoms with Gasteiger partial charge < -0.3 is 0 Å². The monoisotopic (exact) mass is 508 g/mol. The van der Waals surface area contributed by atoms with Crippen LogP contribution < -0.4 is 5.43 Å². The molecule has 1 aromatic heterocycles. The second-order valence-corrected chi connectivity index (χ2v) is 8.12. The Kier molecular flexibility index (Phi) is 6.25. The SMILES string of the molecule is O=C(N/N=C/c1ccc([N+](=O)[O-])cc1)c1cc(-c2ccc(Br)cc2)nc2ccc(Cl)cc12. The van der Waals surface area contributed by atoms with Crippen LogP contribution in [0.4, 0.5) is 5.69 Å². The summed E-state index contributed by atoms with van der Waals surface area (Å²) in [4.78, 5) is 27.9. The average molecular weight is 510 g/mol. The number of benzene rings is 3. The van der Waals surface area contributed by atoms with Crippen molar-refractivity contribution in [3.05, 3.63) is 104 Å². The molecule has 3 aromatic carbocycles. The van der Waals surface area contributed by atoms with Gasteiger partial charge in [-0.1, -0.05) is 39.7 Å². The zero-order chi connectivity index (χ0) is 22.7. The second-order valence-electron chi connectivity index (χ2n) is 6.77. The van der Waals surface area contributed by atoms with E-state index in [4.69, 9.17) is 11.6 Å². The van der Waals surface area contributed by atoms with E-state index in [1.54, 1.807) is 36.4 Å². The summed E-state index contributed by atoms with van der Waals surface area (Å²) in [6.07, 6.45) is 1.41. The number of nitrogens with one attached hydrogen (secondary N) is 1. The third-order valence-corrected chi connectivity index (χ3v) is 5.40. The first-order chi connectivity index (χ1) is 15.4. The van der Waals surface area contributed by atoms with Crippen molar-refractivity contribution in [3.63, 3.8) is 0 Å². The summed E-state index contributed by atoms with van der Waals surface area (Å²) in [5.41, 5.74) is 5.57. The van der Waals surface area contributed by atoms with Crippen LogP contribution in [0.15, 0.2) is 82.4 Å². The molecule has 1 amide bonds. The van der Waals surface area contributed by atoms with Gasteiger partial charge in [0.05, 0.1) is 27.9 Å². The number of nitro benzene ring substituents is 1. The van der Waals surface area contributed by atoms with Crippen LogP contribution in [0.1, 0.15) is 15.9 Å². The van der Waals surface area contributed by atoms with Gasteiger partial charge in [-0.25, -0.2) is 10.4 Å². The number of hydrogen-bond donors (Lipinski definition) is 1. The molecule has 4 rings (SSSR count). The van der Waals surface area contributed by atoms with Gasteiger partial charge in [-0.15, -0.1) is 0 Å². The van der Waals surface area contributed by atoms with Gasteiger partial charge >= 0.3 is 0 Å². The normalized spacial score (nSPS) is 11.1. The van der Waals surface area contributed by atoms with Crippen molar-refractivity contribution in [2.75, 3.05) is 0 Å². The molecule has 32 heavy (non-hydrogen) atoms. The number of hydrogen-bond acceptors (Lipinski definition) is 5. The number of nitrogens with zero attached hydrogens (tertiary/aromatic N) is 3. The lowest BCUT2D eigenvalue weighted by Gasteiger charge is -2.09. The van der Waals surface area contributed by atoms with Gasteiger partial charge in [0.15, 0.2) is 0 Å². The highest BCUT2D eigenvalue weighted by atomic mass is 79.9. The van der Waals surface area contributed by atoms with E-state index < -0.39 is 10.8 Å². The minimum absolute atomic E-state index is 0.0215. The molecular weight excluding hydrogens is 496 g/mol. The van der Waals surface area contributed by atoms with Crippen LogP contribution in [0.25, 0.3) is 22.2 Å². The number of halogens is 2. The van der Waals surface area contributed by atoms with Crippen LogP contribution in [0.5, 0.6) is 0 Å². The van der Waals surface area contributed by atoms with Crippen LogP contribution in [0.3, 0.4) is 0 Å². The summed E-state index contributed by atoms with van der Waals surface area (Å²) in [6, 6.07) is 20.3. The second kappa shape index (κ2) is 9.25. The molecular formula is C23H14BrClN4O3. The predicted octanol–water partition coefficient (Wildman–Crippen LogP) is 5.99. The first-order valence-corrected chi connectivity index (χ1v) is 10.5. The van der Waals surface area contributed by atoms with Crippen LogP contribution in [0.2, 0.25) is 5.02 Å². The summed E-state index contributed by atoms with van der Waals surface area (Å²) in [5, 5.41) is 15.8. The highest BCUT2D eigenvalue weighted by molar-refractivity contribution is 9.10. The highest BCUT2D eigenvalue weighted by Gasteiger charge is 2.14. The van der Waals surface area contributed by atoms with Gasteiger partial charge in [-0.2, -0.15) is 5.10 Å². The van der Waals surface area contributed by atoms with Gasteiger partial charge in [0.25, 0.3) is 11.6 Å². The number of pyridine rings is 1. The third kappa shape index (κ3) is 4.82. The first-order valence-electron chi connectivity index (χ1n) is 9.35. The van der Waals surface area contributed by atoms with E-state index in [0.29, 0.717) is 32.7 Å². The summed E-state index contributed by atoms with van der Waals surface area (Å²) in [6.45, 7) is 0. The van der Waals surface area contributed by atoms with Crippen molar-refractivity contribution in [2.24, 2.45) is 5.10 Å². The maximum Gasteiger partial charge on any atom is 0.272 e. The topological polar surface area (TPSA) is 97.5 Å². The summed E-state index contributed by atoms with van der Waals surface area (Å²) < 4.78 is 0.937. The van der Waals surface area contributed by atoms with Crippen molar-refractivity contribution >= 4 is 56.2 Å². The Hall–Kier alpha value is -3.62. The summed E-state index contributed by atoms with van der Waals surface area (Å²) in [7, 11) is 0. The fourth-order valence-corrected chi connectivity index (χ4v) is 3.50. The molecule has 4 aromatic rings. The molecule has 0 spiro atoms.